The Kier molecular flexibility index (Phi) is 2.44. The van der Waals surface area contributed by atoms with Crippen LogP contribution in [0.25, 0.3) is 0 Å². The molecule has 0 spiro atoms. The molecule has 3 heteroatoms. The maximum absolute atomic E-state index is 11.8. The maximum atomic E-state index is 11.8. The second-order valence-electron chi connectivity index (χ2n) is 4.85. The summed E-state index contributed by atoms with van der Waals surface area (Å²) < 4.78 is 11.1. The van der Waals surface area contributed by atoms with Crippen LogP contribution < -0.4 is 4.74 Å². The van der Waals surface area contributed by atoms with E-state index in [2.05, 4.69) is 0 Å². The number of hydrogen-bond donors (Lipinski definition) is 0. The molecule has 1 fully saturated rings. The summed E-state index contributed by atoms with van der Waals surface area (Å²) in [5, 5.41) is 0. The first-order valence-electron chi connectivity index (χ1n) is 6.11. The number of ketones is 1. The van der Waals surface area contributed by atoms with Gasteiger partial charge in [0.2, 0.25) is 0 Å². The molecule has 3 nitrogen and oxygen atoms in total. The number of benzene rings is 1. The summed E-state index contributed by atoms with van der Waals surface area (Å²) in [6, 6.07) is 3.94. The Labute approximate surface area is 101 Å². The van der Waals surface area contributed by atoms with Gasteiger partial charge in [0.05, 0.1) is 6.10 Å². The van der Waals surface area contributed by atoms with Crippen molar-refractivity contribution in [2.75, 3.05) is 6.61 Å². The minimum atomic E-state index is 0.226. The lowest BCUT2D eigenvalue weighted by molar-refractivity contribution is 0.0994. The average molecular weight is 232 g/mol. The molecule has 2 aliphatic rings. The Morgan fingerprint density at radius 3 is 2.88 bits per heavy atom. The van der Waals surface area contributed by atoms with Crippen molar-refractivity contribution in [2.45, 2.75) is 38.9 Å². The molecule has 0 unspecified atom stereocenters. The zero-order valence-electron chi connectivity index (χ0n) is 10.2. The van der Waals surface area contributed by atoms with Crippen molar-refractivity contribution in [3.8, 4) is 5.75 Å². The number of aryl methyl sites for hydroxylation is 1. The van der Waals surface area contributed by atoms with E-state index >= 15 is 0 Å². The van der Waals surface area contributed by atoms with Gasteiger partial charge in [-0.1, -0.05) is 6.07 Å². The van der Waals surface area contributed by atoms with Crippen molar-refractivity contribution in [3.63, 3.8) is 0 Å². The molecule has 0 aromatic heterocycles. The summed E-state index contributed by atoms with van der Waals surface area (Å²) >= 11 is 0. The molecule has 1 aliphatic carbocycles. The Bertz CT molecular complexity index is 479. The lowest BCUT2D eigenvalue weighted by atomic mass is 10.0. The first-order valence-corrected chi connectivity index (χ1v) is 6.11. The van der Waals surface area contributed by atoms with Crippen LogP contribution in [0.2, 0.25) is 0 Å². The fourth-order valence-electron chi connectivity index (χ4n) is 2.46. The molecule has 1 aromatic rings. The highest BCUT2D eigenvalue weighted by Crippen LogP contribution is 2.33. The fraction of sp³-hybridized carbons (Fsp3) is 0.500. The summed E-state index contributed by atoms with van der Waals surface area (Å²) in [7, 11) is 0. The van der Waals surface area contributed by atoms with Crippen LogP contribution in [0.15, 0.2) is 12.1 Å². The molecule has 1 heterocycles. The Hall–Kier alpha value is -1.35. The van der Waals surface area contributed by atoms with Crippen LogP contribution in [0.1, 0.15) is 34.8 Å². The van der Waals surface area contributed by atoms with Crippen molar-refractivity contribution in [1.29, 1.82) is 0 Å². The van der Waals surface area contributed by atoms with Gasteiger partial charge in [0.25, 0.3) is 0 Å². The third-order valence-electron chi connectivity index (χ3n) is 3.60. The van der Waals surface area contributed by atoms with E-state index in [1.165, 1.54) is 0 Å². The van der Waals surface area contributed by atoms with Gasteiger partial charge < -0.3 is 9.47 Å². The zero-order valence-corrected chi connectivity index (χ0v) is 10.2. The van der Waals surface area contributed by atoms with Crippen LogP contribution in [0.4, 0.5) is 0 Å². The van der Waals surface area contributed by atoms with E-state index in [1.807, 2.05) is 26.0 Å². The third-order valence-corrected chi connectivity index (χ3v) is 3.60. The van der Waals surface area contributed by atoms with Gasteiger partial charge in [0, 0.05) is 17.5 Å². The lowest BCUT2D eigenvalue weighted by Gasteiger charge is -2.10. The Morgan fingerprint density at radius 1 is 1.41 bits per heavy atom. The van der Waals surface area contributed by atoms with Gasteiger partial charge in [-0.2, -0.15) is 0 Å². The monoisotopic (exact) mass is 232 g/mol. The quantitative estimate of drug-likeness (QED) is 0.750. The minimum Gasteiger partial charge on any atom is -0.490 e. The van der Waals surface area contributed by atoms with Crippen molar-refractivity contribution in [3.05, 3.63) is 28.8 Å². The first kappa shape index (κ1) is 10.8. The lowest BCUT2D eigenvalue weighted by Crippen LogP contribution is -2.08. The van der Waals surface area contributed by atoms with Gasteiger partial charge >= 0.3 is 0 Å². The summed E-state index contributed by atoms with van der Waals surface area (Å²) in [6.45, 7) is 4.61. The van der Waals surface area contributed by atoms with Crippen LogP contribution in [-0.4, -0.2) is 24.6 Å². The number of Topliss-reactive ketones (excluding diaryl/α,β-unsaturated/α-hetero) is 1. The van der Waals surface area contributed by atoms with E-state index in [0.29, 0.717) is 19.1 Å². The predicted molar refractivity (Wildman–Crippen MR) is 63.7 cm³/mol. The molecule has 0 saturated carbocycles. The summed E-state index contributed by atoms with van der Waals surface area (Å²) in [5.74, 6) is 1.11. The molecule has 1 saturated heterocycles. The van der Waals surface area contributed by atoms with Gasteiger partial charge in [-0.25, -0.2) is 0 Å². The van der Waals surface area contributed by atoms with E-state index in [4.69, 9.17) is 9.47 Å². The summed E-state index contributed by atoms with van der Waals surface area (Å²) in [6.07, 6.45) is 1.97. The zero-order chi connectivity index (χ0) is 12.0. The molecule has 0 N–H and O–H groups in total. The Balaban J connectivity index is 1.83. The third kappa shape index (κ3) is 1.84. The predicted octanol–water partition coefficient (Wildman–Crippen LogP) is 2.29. The number of fused-ring (bicyclic) bond motifs is 1. The average Bonchev–Trinajstić information content (AvgIpc) is 2.86. The van der Waals surface area contributed by atoms with E-state index in [1.54, 1.807) is 0 Å². The van der Waals surface area contributed by atoms with Crippen molar-refractivity contribution >= 4 is 5.78 Å². The van der Waals surface area contributed by atoms with Gasteiger partial charge in [0.1, 0.15) is 18.5 Å². The number of ether oxygens (including phenoxy) is 2. The second kappa shape index (κ2) is 3.84. The van der Waals surface area contributed by atoms with Crippen LogP contribution >= 0.6 is 0 Å². The number of carbonyl (C=O) groups excluding carboxylic acids is 1. The van der Waals surface area contributed by atoms with Gasteiger partial charge in [-0.05, 0) is 31.9 Å². The number of epoxide rings is 1. The number of hydrogen-bond acceptors (Lipinski definition) is 3. The molecular formula is C14H16O3. The van der Waals surface area contributed by atoms with E-state index in [0.717, 1.165) is 28.9 Å². The van der Waals surface area contributed by atoms with E-state index in [-0.39, 0.29) is 11.9 Å². The smallest absolute Gasteiger partial charge is 0.163 e. The number of carbonyl (C=O) groups is 1. The summed E-state index contributed by atoms with van der Waals surface area (Å²) in [4.78, 5) is 11.8. The topological polar surface area (TPSA) is 38.8 Å². The molecule has 2 atom stereocenters. The molecule has 17 heavy (non-hydrogen) atoms. The molecule has 0 amide bonds. The molecular weight excluding hydrogens is 216 g/mol. The van der Waals surface area contributed by atoms with Crippen molar-refractivity contribution in [1.82, 2.24) is 0 Å². The standard InChI is InChI=1S/C14H16O3/c1-8-3-6-12(16-7-13-9(2)17-13)10-4-5-11(15)14(8)10/h3,6,9,13H,4-5,7H2,1-2H3/t9-,13-/m1/s1. The van der Waals surface area contributed by atoms with Crippen molar-refractivity contribution in [2.24, 2.45) is 0 Å². The van der Waals surface area contributed by atoms with Gasteiger partial charge in [0.15, 0.2) is 5.78 Å². The number of rotatable bonds is 3. The van der Waals surface area contributed by atoms with Crippen LogP contribution in [0, 0.1) is 6.92 Å². The van der Waals surface area contributed by atoms with Crippen LogP contribution in [-0.2, 0) is 11.2 Å². The van der Waals surface area contributed by atoms with Crippen molar-refractivity contribution < 1.29 is 14.3 Å². The first-order chi connectivity index (χ1) is 8.16. The molecule has 1 aromatic carbocycles. The highest BCUT2D eigenvalue weighted by atomic mass is 16.6. The molecule has 0 bridgehead atoms. The maximum Gasteiger partial charge on any atom is 0.163 e. The highest BCUT2D eigenvalue weighted by Gasteiger charge is 2.35. The van der Waals surface area contributed by atoms with E-state index < -0.39 is 0 Å². The molecule has 0 radical (unpaired) electrons. The van der Waals surface area contributed by atoms with Gasteiger partial charge in [-0.15, -0.1) is 0 Å². The molecule has 1 aliphatic heterocycles. The molecule has 90 valence electrons. The largest absolute Gasteiger partial charge is 0.490 e. The van der Waals surface area contributed by atoms with Gasteiger partial charge in [-0.3, -0.25) is 4.79 Å². The minimum absolute atomic E-state index is 0.226. The van der Waals surface area contributed by atoms with Crippen LogP contribution in [0.3, 0.4) is 0 Å². The second-order valence-corrected chi connectivity index (χ2v) is 4.85. The SMILES string of the molecule is Cc1ccc(OC[C@H]2O[C@@H]2C)c2c1C(=O)CC2. The molecule has 3 rings (SSSR count). The normalized spacial score (nSPS) is 25.9. The van der Waals surface area contributed by atoms with E-state index in [9.17, 15) is 4.79 Å². The fourth-order valence-corrected chi connectivity index (χ4v) is 2.46. The highest BCUT2D eigenvalue weighted by molar-refractivity contribution is 6.02. The Morgan fingerprint density at radius 2 is 2.18 bits per heavy atom. The summed E-state index contributed by atoms with van der Waals surface area (Å²) in [5.41, 5.74) is 3.03. The van der Waals surface area contributed by atoms with Crippen LogP contribution in [0.5, 0.6) is 5.75 Å².